The van der Waals surface area contributed by atoms with E-state index in [1.54, 1.807) is 0 Å². The quantitative estimate of drug-likeness (QED) is 0.436. The van der Waals surface area contributed by atoms with E-state index in [1.165, 1.54) is 0 Å². The lowest BCUT2D eigenvalue weighted by molar-refractivity contribution is -0.134. The lowest BCUT2D eigenvalue weighted by Gasteiger charge is -2.33. The molecule has 0 radical (unpaired) electrons. The van der Waals surface area contributed by atoms with Gasteiger partial charge in [-0.15, -0.1) is 0 Å². The van der Waals surface area contributed by atoms with Crippen LogP contribution in [0.25, 0.3) is 16.9 Å². The molecule has 3 heterocycles. The number of ether oxygens (including phenoxy) is 1. The van der Waals surface area contributed by atoms with Crippen molar-refractivity contribution in [2.45, 2.75) is 18.9 Å². The number of rotatable bonds is 6. The first-order valence-electron chi connectivity index (χ1n) is 11.4. The zero-order valence-electron chi connectivity index (χ0n) is 18.9. The number of nitrogens with one attached hydrogen (secondary N) is 1. The molecule has 2 aromatic carbocycles. The van der Waals surface area contributed by atoms with Gasteiger partial charge in [0.05, 0.1) is 5.69 Å². The normalized spacial score (nSPS) is 14.3. The minimum Gasteiger partial charge on any atom is -0.484 e. The highest BCUT2D eigenvalue weighted by Gasteiger charge is 2.24. The Morgan fingerprint density at radius 3 is 2.62 bits per heavy atom. The van der Waals surface area contributed by atoms with E-state index in [0.29, 0.717) is 23.9 Å². The van der Waals surface area contributed by atoms with Crippen molar-refractivity contribution >= 4 is 42.3 Å². The fraction of sp³-hybridized carbons (Fsp3) is 0.240. The van der Waals surface area contributed by atoms with Gasteiger partial charge < -0.3 is 15.0 Å². The van der Waals surface area contributed by atoms with Gasteiger partial charge in [-0.05, 0) is 36.5 Å². The van der Waals surface area contributed by atoms with Gasteiger partial charge in [-0.3, -0.25) is 4.79 Å². The predicted octanol–water partition coefficient (Wildman–Crippen LogP) is 2.79. The number of fused-ring (bicyclic) bond motifs is 1. The number of halogens is 1. The minimum absolute atomic E-state index is 0.0114. The number of aromatic nitrogens is 3. The van der Waals surface area contributed by atoms with E-state index in [-0.39, 0.29) is 18.6 Å². The van der Waals surface area contributed by atoms with Crippen LogP contribution in [-0.2, 0) is 4.79 Å². The van der Waals surface area contributed by atoms with E-state index < -0.39 is 0 Å². The molecule has 5 rings (SSSR count). The topological polar surface area (TPSA) is 71.8 Å². The molecule has 0 spiro atoms. The Bertz CT molecular complexity index is 1310. The highest BCUT2D eigenvalue weighted by atomic mass is 35.5. The summed E-state index contributed by atoms with van der Waals surface area (Å²) in [5.41, 5.74) is 3.48. The van der Waals surface area contributed by atoms with Crippen LogP contribution < -0.4 is 15.5 Å². The molecule has 1 saturated heterocycles. The summed E-state index contributed by atoms with van der Waals surface area (Å²) < 4.78 is 7.46. The van der Waals surface area contributed by atoms with Crippen LogP contribution in [-0.4, -0.2) is 59.0 Å². The Hall–Kier alpha value is -3.52. The summed E-state index contributed by atoms with van der Waals surface area (Å²) >= 11 is 6.45. The van der Waals surface area contributed by atoms with Gasteiger partial charge in [0.15, 0.2) is 12.3 Å². The Balaban J connectivity index is 1.27. The number of likely N-dealkylation sites (tertiary alicyclic amines) is 1. The maximum Gasteiger partial charge on any atom is 0.260 e. The molecule has 172 valence electrons. The van der Waals surface area contributed by atoms with Crippen molar-refractivity contribution in [2.24, 2.45) is 0 Å². The molecule has 0 aliphatic carbocycles. The van der Waals surface area contributed by atoms with Crippen molar-refractivity contribution < 1.29 is 9.53 Å². The molecule has 0 saturated carbocycles. The van der Waals surface area contributed by atoms with E-state index in [0.717, 1.165) is 41.0 Å². The predicted molar refractivity (Wildman–Crippen MR) is 137 cm³/mol. The number of carbonyl (C=O) groups excluding carboxylic acids is 1. The molecular weight excluding hydrogens is 449 g/mol. The molecule has 34 heavy (non-hydrogen) atoms. The third-order valence-corrected chi connectivity index (χ3v) is 6.43. The third kappa shape index (κ3) is 4.72. The Morgan fingerprint density at radius 1 is 1.12 bits per heavy atom. The van der Waals surface area contributed by atoms with E-state index in [1.807, 2.05) is 84.1 Å². The number of carbonyl (C=O) groups is 1. The molecule has 7 nitrogen and oxygen atoms in total. The first-order valence-corrected chi connectivity index (χ1v) is 11.8. The molecule has 0 bridgehead atoms. The fourth-order valence-electron chi connectivity index (χ4n) is 4.22. The number of hydrogen-bond acceptors (Lipinski definition) is 5. The molecule has 0 unspecified atom stereocenters. The lowest BCUT2D eigenvalue weighted by Crippen LogP contribution is -2.44. The monoisotopic (exact) mass is 473 g/mol. The molecule has 1 amide bonds. The average molecular weight is 474 g/mol. The SMILES string of the molecule is Bc1cnn2c(NC3CCN(C(=O)COc4ccccc4)CC3)cc(-c3ccccc3Cl)nc12. The summed E-state index contributed by atoms with van der Waals surface area (Å²) in [6.45, 7) is 1.41. The molecule has 2 aromatic heterocycles. The summed E-state index contributed by atoms with van der Waals surface area (Å²) in [4.78, 5) is 19.3. The molecule has 9 heteroatoms. The number of hydrogen-bond donors (Lipinski definition) is 1. The molecule has 0 atom stereocenters. The van der Waals surface area contributed by atoms with Crippen LogP contribution in [0, 0.1) is 0 Å². The average Bonchev–Trinajstić information content (AvgIpc) is 3.25. The van der Waals surface area contributed by atoms with Crippen molar-refractivity contribution in [3.05, 3.63) is 71.9 Å². The second-order valence-corrected chi connectivity index (χ2v) is 8.88. The first kappa shape index (κ1) is 22.3. The van der Waals surface area contributed by atoms with Crippen LogP contribution in [0.2, 0.25) is 5.02 Å². The van der Waals surface area contributed by atoms with Crippen LogP contribution in [0.5, 0.6) is 5.75 Å². The summed E-state index contributed by atoms with van der Waals surface area (Å²) in [6.07, 6.45) is 3.49. The minimum atomic E-state index is 0.0114. The van der Waals surface area contributed by atoms with Gasteiger partial charge in [0.2, 0.25) is 0 Å². The molecule has 1 N–H and O–H groups in total. The Labute approximate surface area is 204 Å². The summed E-state index contributed by atoms with van der Waals surface area (Å²) in [6, 6.07) is 19.3. The van der Waals surface area contributed by atoms with Crippen LogP contribution in [0.3, 0.4) is 0 Å². The highest BCUT2D eigenvalue weighted by molar-refractivity contribution is 6.36. The van der Waals surface area contributed by atoms with Crippen molar-refractivity contribution in [1.82, 2.24) is 19.5 Å². The number of amides is 1. The van der Waals surface area contributed by atoms with Gasteiger partial charge in [0.25, 0.3) is 5.91 Å². The zero-order valence-corrected chi connectivity index (χ0v) is 19.7. The molecule has 1 aliphatic rings. The van der Waals surface area contributed by atoms with Crippen LogP contribution >= 0.6 is 11.6 Å². The standard InChI is InChI=1S/C25H25BClN5O2/c26-20-15-28-32-23(14-22(30-25(20)32)19-8-4-5-9-21(19)27)29-17-10-12-31(13-11-17)24(33)16-34-18-6-2-1-3-7-18/h1-9,14-15,17,29H,10-13,16,26H2. The summed E-state index contributed by atoms with van der Waals surface area (Å²) in [5.74, 6) is 1.58. The van der Waals surface area contributed by atoms with Gasteiger partial charge >= 0.3 is 0 Å². The molecule has 1 fully saturated rings. The van der Waals surface area contributed by atoms with E-state index in [2.05, 4.69) is 10.4 Å². The van der Waals surface area contributed by atoms with Gasteiger partial charge in [-0.25, -0.2) is 4.98 Å². The van der Waals surface area contributed by atoms with Crippen molar-refractivity contribution in [3.63, 3.8) is 0 Å². The lowest BCUT2D eigenvalue weighted by atomic mass is 10.0. The van der Waals surface area contributed by atoms with Gasteiger partial charge in [0.1, 0.15) is 19.4 Å². The maximum absolute atomic E-state index is 12.6. The van der Waals surface area contributed by atoms with Crippen LogP contribution in [0.15, 0.2) is 66.9 Å². The number of piperidine rings is 1. The van der Waals surface area contributed by atoms with Gasteiger partial charge in [0, 0.05) is 42.0 Å². The van der Waals surface area contributed by atoms with E-state index in [4.69, 9.17) is 21.3 Å². The smallest absolute Gasteiger partial charge is 0.260 e. The number of benzene rings is 2. The number of para-hydroxylation sites is 1. The third-order valence-electron chi connectivity index (χ3n) is 6.10. The van der Waals surface area contributed by atoms with Crippen molar-refractivity contribution in [1.29, 1.82) is 0 Å². The van der Waals surface area contributed by atoms with E-state index >= 15 is 0 Å². The highest BCUT2D eigenvalue weighted by Crippen LogP contribution is 2.29. The van der Waals surface area contributed by atoms with E-state index in [9.17, 15) is 4.79 Å². The number of anilines is 1. The second kappa shape index (κ2) is 9.77. The van der Waals surface area contributed by atoms with Gasteiger partial charge in [-0.1, -0.05) is 48.0 Å². The summed E-state index contributed by atoms with van der Waals surface area (Å²) in [7, 11) is 2.00. The molecule has 1 aliphatic heterocycles. The maximum atomic E-state index is 12.6. The second-order valence-electron chi connectivity index (χ2n) is 8.47. The zero-order chi connectivity index (χ0) is 23.5. The summed E-state index contributed by atoms with van der Waals surface area (Å²) in [5, 5.41) is 8.81. The molecular formula is C25H25BClN5O2. The van der Waals surface area contributed by atoms with Crippen LogP contribution in [0.4, 0.5) is 5.82 Å². The molecule has 4 aromatic rings. The largest absolute Gasteiger partial charge is 0.484 e. The van der Waals surface area contributed by atoms with Crippen molar-refractivity contribution in [2.75, 3.05) is 25.0 Å². The van der Waals surface area contributed by atoms with Crippen LogP contribution in [0.1, 0.15) is 12.8 Å². The van der Waals surface area contributed by atoms with Gasteiger partial charge in [-0.2, -0.15) is 9.61 Å². The number of nitrogens with zero attached hydrogens (tertiary/aromatic N) is 4. The van der Waals surface area contributed by atoms with Crippen molar-refractivity contribution in [3.8, 4) is 17.0 Å². The Morgan fingerprint density at radius 2 is 1.85 bits per heavy atom. The fourth-order valence-corrected chi connectivity index (χ4v) is 4.45. The first-order chi connectivity index (χ1) is 16.6. The Kier molecular flexibility index (Phi) is 6.40.